The second kappa shape index (κ2) is 4.87. The maximum Gasteiger partial charge on any atom is 0.213 e. The van der Waals surface area contributed by atoms with E-state index in [1.165, 1.54) is 6.39 Å². The highest BCUT2D eigenvalue weighted by molar-refractivity contribution is 5.27. The molecule has 0 fully saturated rings. The number of aromatic nitrogens is 2. The monoisotopic (exact) mass is 219 g/mol. The van der Waals surface area contributed by atoms with Gasteiger partial charge in [-0.3, -0.25) is 0 Å². The Hall–Kier alpha value is -1.72. The van der Waals surface area contributed by atoms with Crippen molar-refractivity contribution in [1.29, 1.82) is 0 Å². The van der Waals surface area contributed by atoms with E-state index in [9.17, 15) is 0 Å². The summed E-state index contributed by atoms with van der Waals surface area (Å²) in [5.74, 6) is 0.486. The minimum absolute atomic E-state index is 0.352. The molecule has 0 amide bonds. The lowest BCUT2D eigenvalue weighted by atomic mass is 10.1. The first-order chi connectivity index (χ1) is 7.81. The highest BCUT2D eigenvalue weighted by Gasteiger charge is 2.12. The Balaban J connectivity index is 2.15. The van der Waals surface area contributed by atoms with Crippen LogP contribution in [0, 0.1) is 0 Å². The molecule has 0 spiro atoms. The molecule has 0 saturated carbocycles. The fourth-order valence-electron chi connectivity index (χ4n) is 1.45. The molecular weight excluding hydrogens is 206 g/mol. The van der Waals surface area contributed by atoms with E-state index >= 15 is 0 Å². The predicted molar refractivity (Wildman–Crippen MR) is 57.5 cm³/mol. The quantitative estimate of drug-likeness (QED) is 0.838. The molecule has 2 rings (SSSR count). The third-order valence-electron chi connectivity index (χ3n) is 2.31. The van der Waals surface area contributed by atoms with Gasteiger partial charge in [0.2, 0.25) is 6.39 Å². The van der Waals surface area contributed by atoms with E-state index < -0.39 is 0 Å². The molecule has 2 N–H and O–H groups in total. The van der Waals surface area contributed by atoms with Gasteiger partial charge in [-0.2, -0.15) is 4.98 Å². The molecule has 1 atom stereocenters. The SMILES string of the molecule is COCc1ccc(C(N)c2ncon2)cc1. The molecule has 1 unspecified atom stereocenters. The largest absolute Gasteiger partial charge is 0.380 e. The van der Waals surface area contributed by atoms with Crippen molar-refractivity contribution in [2.45, 2.75) is 12.6 Å². The van der Waals surface area contributed by atoms with Gasteiger partial charge in [-0.15, -0.1) is 0 Å². The van der Waals surface area contributed by atoms with Crippen molar-refractivity contribution in [1.82, 2.24) is 10.1 Å². The van der Waals surface area contributed by atoms with Gasteiger partial charge in [0.25, 0.3) is 0 Å². The third kappa shape index (κ3) is 2.26. The lowest BCUT2D eigenvalue weighted by Crippen LogP contribution is -2.13. The Kier molecular flexibility index (Phi) is 3.28. The first-order valence-electron chi connectivity index (χ1n) is 4.91. The van der Waals surface area contributed by atoms with Gasteiger partial charge in [-0.05, 0) is 11.1 Å². The lowest BCUT2D eigenvalue weighted by molar-refractivity contribution is 0.185. The second-order valence-electron chi connectivity index (χ2n) is 3.44. The highest BCUT2D eigenvalue weighted by Crippen LogP contribution is 2.16. The van der Waals surface area contributed by atoms with Gasteiger partial charge >= 0.3 is 0 Å². The Bertz CT molecular complexity index is 425. The van der Waals surface area contributed by atoms with Crippen LogP contribution in [0.5, 0.6) is 0 Å². The average molecular weight is 219 g/mol. The molecule has 0 saturated heterocycles. The molecule has 0 radical (unpaired) electrons. The summed E-state index contributed by atoms with van der Waals surface area (Å²) < 4.78 is 9.69. The number of hydrogen-bond acceptors (Lipinski definition) is 5. The van der Waals surface area contributed by atoms with E-state index in [-0.39, 0.29) is 6.04 Å². The van der Waals surface area contributed by atoms with E-state index in [0.717, 1.165) is 11.1 Å². The van der Waals surface area contributed by atoms with Gasteiger partial charge in [-0.1, -0.05) is 29.4 Å². The molecule has 0 aliphatic carbocycles. The molecule has 1 aromatic heterocycles. The fraction of sp³-hybridized carbons (Fsp3) is 0.273. The van der Waals surface area contributed by atoms with Crippen molar-refractivity contribution < 1.29 is 9.26 Å². The van der Waals surface area contributed by atoms with E-state index in [1.807, 2.05) is 24.3 Å². The van der Waals surface area contributed by atoms with Crippen LogP contribution in [-0.2, 0) is 11.3 Å². The van der Waals surface area contributed by atoms with Crippen molar-refractivity contribution in [2.75, 3.05) is 7.11 Å². The molecule has 1 aromatic carbocycles. The van der Waals surface area contributed by atoms with Crippen LogP contribution < -0.4 is 5.73 Å². The molecule has 84 valence electrons. The Morgan fingerprint density at radius 1 is 1.38 bits per heavy atom. The Morgan fingerprint density at radius 2 is 2.12 bits per heavy atom. The van der Waals surface area contributed by atoms with Crippen molar-refractivity contribution >= 4 is 0 Å². The van der Waals surface area contributed by atoms with Gasteiger partial charge in [0, 0.05) is 7.11 Å². The van der Waals surface area contributed by atoms with Crippen LogP contribution in [0.25, 0.3) is 0 Å². The topological polar surface area (TPSA) is 74.2 Å². The molecule has 5 heteroatoms. The highest BCUT2D eigenvalue weighted by atomic mass is 16.5. The molecule has 1 heterocycles. The summed E-state index contributed by atoms with van der Waals surface area (Å²) in [5, 5.41) is 3.72. The number of nitrogens with zero attached hydrogens (tertiary/aromatic N) is 2. The summed E-state index contributed by atoms with van der Waals surface area (Å²) in [7, 11) is 1.67. The van der Waals surface area contributed by atoms with E-state index in [2.05, 4.69) is 14.7 Å². The number of methoxy groups -OCH3 is 1. The van der Waals surface area contributed by atoms with Crippen LogP contribution in [0.4, 0.5) is 0 Å². The number of nitrogens with two attached hydrogens (primary N) is 1. The van der Waals surface area contributed by atoms with Gasteiger partial charge in [0.15, 0.2) is 5.82 Å². The van der Waals surface area contributed by atoms with Crippen molar-refractivity contribution in [3.05, 3.63) is 47.6 Å². The fourth-order valence-corrected chi connectivity index (χ4v) is 1.45. The molecule has 16 heavy (non-hydrogen) atoms. The van der Waals surface area contributed by atoms with Crippen molar-refractivity contribution in [3.63, 3.8) is 0 Å². The number of benzene rings is 1. The van der Waals surface area contributed by atoms with E-state index in [4.69, 9.17) is 10.5 Å². The van der Waals surface area contributed by atoms with Gasteiger partial charge < -0.3 is 15.0 Å². The summed E-state index contributed by atoms with van der Waals surface area (Å²) in [6.07, 6.45) is 1.27. The van der Waals surface area contributed by atoms with Crippen molar-refractivity contribution in [3.8, 4) is 0 Å². The molecule has 2 aromatic rings. The first kappa shape index (κ1) is 10.8. The summed E-state index contributed by atoms with van der Waals surface area (Å²) in [5.41, 5.74) is 8.02. The average Bonchev–Trinajstić information content (AvgIpc) is 2.83. The zero-order valence-corrected chi connectivity index (χ0v) is 8.96. The second-order valence-corrected chi connectivity index (χ2v) is 3.44. The van der Waals surface area contributed by atoms with Gasteiger partial charge in [0.1, 0.15) is 0 Å². The van der Waals surface area contributed by atoms with E-state index in [0.29, 0.717) is 12.4 Å². The normalized spacial score (nSPS) is 12.6. The molecule has 0 bridgehead atoms. The molecule has 0 aliphatic rings. The van der Waals surface area contributed by atoms with Crippen LogP contribution in [0.3, 0.4) is 0 Å². The molecule has 0 aliphatic heterocycles. The molecule has 5 nitrogen and oxygen atoms in total. The maximum atomic E-state index is 5.97. The first-order valence-corrected chi connectivity index (χ1v) is 4.91. The van der Waals surface area contributed by atoms with Crippen molar-refractivity contribution in [2.24, 2.45) is 5.73 Å². The van der Waals surface area contributed by atoms with Gasteiger partial charge in [-0.25, -0.2) is 0 Å². The van der Waals surface area contributed by atoms with Crippen LogP contribution in [-0.4, -0.2) is 17.3 Å². The zero-order valence-electron chi connectivity index (χ0n) is 8.96. The zero-order chi connectivity index (χ0) is 11.4. The van der Waals surface area contributed by atoms with Crippen LogP contribution >= 0.6 is 0 Å². The van der Waals surface area contributed by atoms with Crippen LogP contribution in [0.2, 0.25) is 0 Å². The van der Waals surface area contributed by atoms with Crippen LogP contribution in [0.1, 0.15) is 23.0 Å². The summed E-state index contributed by atoms with van der Waals surface area (Å²) in [6, 6.07) is 7.47. The van der Waals surface area contributed by atoms with Crippen LogP contribution in [0.15, 0.2) is 35.2 Å². The number of hydrogen-bond donors (Lipinski definition) is 1. The number of ether oxygens (including phenoxy) is 1. The minimum atomic E-state index is -0.352. The number of rotatable bonds is 4. The summed E-state index contributed by atoms with van der Waals surface area (Å²) in [6.45, 7) is 0.595. The Labute approximate surface area is 93.2 Å². The maximum absolute atomic E-state index is 5.97. The lowest BCUT2D eigenvalue weighted by Gasteiger charge is -2.08. The summed E-state index contributed by atoms with van der Waals surface area (Å²) in [4.78, 5) is 3.92. The third-order valence-corrected chi connectivity index (χ3v) is 2.31. The summed E-state index contributed by atoms with van der Waals surface area (Å²) >= 11 is 0. The van der Waals surface area contributed by atoms with E-state index in [1.54, 1.807) is 7.11 Å². The minimum Gasteiger partial charge on any atom is -0.380 e. The Morgan fingerprint density at radius 3 is 2.69 bits per heavy atom. The standard InChI is InChI=1S/C11H13N3O2/c1-15-6-8-2-4-9(5-3-8)10(12)11-13-7-16-14-11/h2-5,7,10H,6,12H2,1H3. The predicted octanol–water partition coefficient (Wildman–Crippen LogP) is 1.26. The van der Waals surface area contributed by atoms with Gasteiger partial charge in [0.05, 0.1) is 12.6 Å². The molecular formula is C11H13N3O2. The smallest absolute Gasteiger partial charge is 0.213 e.